The topological polar surface area (TPSA) is 225 Å². The number of nitrogens with one attached hydrogen (secondary N) is 5. The van der Waals surface area contributed by atoms with Crippen LogP contribution in [0.5, 0.6) is 0 Å². The zero-order valence-electron chi connectivity index (χ0n) is 23.7. The number of thiol groups is 1. The third-order valence-electron chi connectivity index (χ3n) is 7.30. The highest BCUT2D eigenvalue weighted by molar-refractivity contribution is 7.80. The Kier molecular flexibility index (Phi) is 10.6. The van der Waals surface area contributed by atoms with Crippen LogP contribution in [0.4, 0.5) is 0 Å². The minimum atomic E-state index is -1.30. The van der Waals surface area contributed by atoms with Gasteiger partial charge in [0.2, 0.25) is 23.6 Å². The van der Waals surface area contributed by atoms with Gasteiger partial charge in [-0.3, -0.25) is 19.2 Å². The lowest BCUT2D eigenvalue weighted by Gasteiger charge is -2.24. The molecule has 10 N–H and O–H groups in total. The van der Waals surface area contributed by atoms with Gasteiger partial charge < -0.3 is 42.5 Å². The molecule has 0 bridgehead atoms. The predicted molar refractivity (Wildman–Crippen MR) is 168 cm³/mol. The van der Waals surface area contributed by atoms with Crippen molar-refractivity contribution in [2.45, 2.75) is 49.9 Å². The zero-order valence-corrected chi connectivity index (χ0v) is 24.6. The summed E-state index contributed by atoms with van der Waals surface area (Å²) in [5.41, 5.74) is 14.0. The lowest BCUT2D eigenvalue weighted by molar-refractivity contribution is -0.142. The molecule has 0 saturated heterocycles. The SMILES string of the molecule is NC(=O)CCC(N)C(=O)NC(CS)C(=O)NC(Cc1c[nH]c2ccccc12)C(=O)NC(Cc1c[nH]c2ccccc12)C(=O)O. The number of carboxylic acids is 1. The van der Waals surface area contributed by atoms with Gasteiger partial charge >= 0.3 is 5.97 Å². The average Bonchev–Trinajstić information content (AvgIpc) is 3.61. The van der Waals surface area contributed by atoms with Crippen molar-refractivity contribution in [3.63, 3.8) is 0 Å². The molecule has 4 rings (SSSR count). The molecule has 0 fully saturated rings. The molecular formula is C30H35N7O6S. The van der Waals surface area contributed by atoms with E-state index in [1.165, 1.54) is 0 Å². The Morgan fingerprint density at radius 1 is 0.750 bits per heavy atom. The van der Waals surface area contributed by atoms with Crippen molar-refractivity contribution in [2.24, 2.45) is 11.5 Å². The number of hydrogen-bond donors (Lipinski definition) is 9. The summed E-state index contributed by atoms with van der Waals surface area (Å²) in [6.45, 7) is 0. The summed E-state index contributed by atoms with van der Waals surface area (Å²) in [6.07, 6.45) is 3.31. The van der Waals surface area contributed by atoms with Crippen molar-refractivity contribution in [1.29, 1.82) is 0 Å². The maximum Gasteiger partial charge on any atom is 0.326 e. The number of carbonyl (C=O) groups excluding carboxylic acids is 4. The second-order valence-corrected chi connectivity index (χ2v) is 10.8. The van der Waals surface area contributed by atoms with Gasteiger partial charge in [0, 0.05) is 59.2 Å². The van der Waals surface area contributed by atoms with Crippen molar-refractivity contribution in [1.82, 2.24) is 25.9 Å². The number of primary amides is 1. The Bertz CT molecular complexity index is 1670. The van der Waals surface area contributed by atoms with Crippen LogP contribution in [0.2, 0.25) is 0 Å². The predicted octanol–water partition coefficient (Wildman–Crippen LogP) is 0.496. The van der Waals surface area contributed by atoms with Crippen molar-refractivity contribution < 1.29 is 29.1 Å². The number of nitrogens with two attached hydrogens (primary N) is 2. The average molecular weight is 622 g/mol. The summed E-state index contributed by atoms with van der Waals surface area (Å²) in [5, 5.41) is 19.4. The highest BCUT2D eigenvalue weighted by Gasteiger charge is 2.31. The summed E-state index contributed by atoms with van der Waals surface area (Å²) in [4.78, 5) is 69.1. The van der Waals surface area contributed by atoms with Gasteiger partial charge in [0.1, 0.15) is 18.1 Å². The molecule has 2 heterocycles. The quantitative estimate of drug-likeness (QED) is 0.0853. The Labute approximate surface area is 257 Å². The van der Waals surface area contributed by atoms with Gasteiger partial charge in [-0.05, 0) is 29.7 Å². The Hall–Kier alpha value is -4.82. The van der Waals surface area contributed by atoms with Crippen LogP contribution in [-0.2, 0) is 36.8 Å². The smallest absolute Gasteiger partial charge is 0.326 e. The number of aromatic nitrogens is 2. The molecule has 4 unspecified atom stereocenters. The summed E-state index contributed by atoms with van der Waals surface area (Å²) in [5.74, 6) is -4.13. The molecule has 4 amide bonds. The first kappa shape index (κ1) is 32.1. The fourth-order valence-electron chi connectivity index (χ4n) is 4.90. The number of H-pyrrole nitrogens is 2. The van der Waals surface area contributed by atoms with E-state index in [1.807, 2.05) is 48.5 Å². The van der Waals surface area contributed by atoms with Crippen molar-refractivity contribution in [3.8, 4) is 0 Å². The van der Waals surface area contributed by atoms with Crippen LogP contribution in [-0.4, -0.2) is 74.6 Å². The molecule has 2 aromatic carbocycles. The minimum Gasteiger partial charge on any atom is -0.480 e. The second-order valence-electron chi connectivity index (χ2n) is 10.4. The third kappa shape index (κ3) is 7.96. The highest BCUT2D eigenvalue weighted by Crippen LogP contribution is 2.21. The van der Waals surface area contributed by atoms with E-state index in [1.54, 1.807) is 12.4 Å². The molecule has 0 aliphatic rings. The fourth-order valence-corrected chi connectivity index (χ4v) is 5.15. The summed E-state index contributed by atoms with van der Waals surface area (Å²) in [7, 11) is 0. The Balaban J connectivity index is 1.53. The van der Waals surface area contributed by atoms with E-state index in [4.69, 9.17) is 11.5 Å². The van der Waals surface area contributed by atoms with Gasteiger partial charge in [0.15, 0.2) is 0 Å². The first-order valence-electron chi connectivity index (χ1n) is 14.0. The fraction of sp³-hybridized carbons (Fsp3) is 0.300. The van der Waals surface area contributed by atoms with Crippen LogP contribution >= 0.6 is 12.6 Å². The molecule has 2 aromatic heterocycles. The molecule has 0 aliphatic heterocycles. The van der Waals surface area contributed by atoms with Crippen LogP contribution in [0.3, 0.4) is 0 Å². The number of fused-ring (bicyclic) bond motifs is 2. The molecule has 0 aliphatic carbocycles. The number of benzene rings is 2. The molecule has 0 saturated carbocycles. The van der Waals surface area contributed by atoms with Crippen LogP contribution < -0.4 is 27.4 Å². The van der Waals surface area contributed by atoms with Gasteiger partial charge in [-0.15, -0.1) is 0 Å². The molecule has 4 atom stereocenters. The van der Waals surface area contributed by atoms with E-state index in [9.17, 15) is 29.1 Å². The summed E-state index contributed by atoms with van der Waals surface area (Å²) < 4.78 is 0. The number of aromatic amines is 2. The maximum absolute atomic E-state index is 13.7. The van der Waals surface area contributed by atoms with Gasteiger partial charge in [-0.1, -0.05) is 36.4 Å². The van der Waals surface area contributed by atoms with Crippen molar-refractivity contribution >= 4 is 64.0 Å². The number of amides is 4. The maximum atomic E-state index is 13.7. The van der Waals surface area contributed by atoms with Crippen molar-refractivity contribution in [3.05, 3.63) is 72.1 Å². The van der Waals surface area contributed by atoms with Crippen LogP contribution in [0.25, 0.3) is 21.8 Å². The van der Waals surface area contributed by atoms with E-state index in [0.29, 0.717) is 11.1 Å². The molecule has 44 heavy (non-hydrogen) atoms. The minimum absolute atomic E-state index is 0.00263. The van der Waals surface area contributed by atoms with E-state index in [2.05, 4.69) is 38.5 Å². The molecule has 0 spiro atoms. The number of rotatable bonds is 15. The van der Waals surface area contributed by atoms with Crippen LogP contribution in [0.15, 0.2) is 60.9 Å². The molecular weight excluding hydrogens is 586 g/mol. The Morgan fingerprint density at radius 2 is 1.23 bits per heavy atom. The molecule has 4 aromatic rings. The normalized spacial score (nSPS) is 14.0. The van der Waals surface area contributed by atoms with Crippen LogP contribution in [0, 0.1) is 0 Å². The standard InChI is InChI=1S/C30H35N7O6S/c31-20(9-10-26(32)38)27(39)37-25(15-44)29(41)35-23(11-16-13-33-21-7-3-1-5-18(16)21)28(40)36-24(30(42)43)12-17-14-34-22-8-4-2-6-19(17)22/h1-8,13-14,20,23-25,33-34,44H,9-12,15,31H2,(H2,32,38)(H,35,41)(H,36,40)(H,37,39)(H,42,43). The Morgan fingerprint density at radius 3 is 1.75 bits per heavy atom. The lowest BCUT2D eigenvalue weighted by Crippen LogP contribution is -2.58. The monoisotopic (exact) mass is 621 g/mol. The third-order valence-corrected chi connectivity index (χ3v) is 7.66. The first-order chi connectivity index (χ1) is 21.1. The van der Waals surface area contributed by atoms with Crippen molar-refractivity contribution in [2.75, 3.05) is 5.75 Å². The second kappa shape index (κ2) is 14.6. The molecule has 13 nitrogen and oxygen atoms in total. The van der Waals surface area contributed by atoms with E-state index in [0.717, 1.165) is 21.8 Å². The number of carboxylic acid groups (broad SMARTS) is 1. The molecule has 14 heteroatoms. The van der Waals surface area contributed by atoms with E-state index >= 15 is 0 Å². The summed E-state index contributed by atoms with van der Waals surface area (Å²) >= 11 is 4.18. The van der Waals surface area contributed by atoms with E-state index in [-0.39, 0.29) is 31.4 Å². The largest absolute Gasteiger partial charge is 0.480 e. The number of aliphatic carboxylic acids is 1. The lowest BCUT2D eigenvalue weighted by atomic mass is 10.0. The van der Waals surface area contributed by atoms with Gasteiger partial charge in [-0.25, -0.2) is 4.79 Å². The first-order valence-corrected chi connectivity index (χ1v) is 14.6. The molecule has 0 radical (unpaired) electrons. The number of para-hydroxylation sites is 2. The highest BCUT2D eigenvalue weighted by atomic mass is 32.1. The van der Waals surface area contributed by atoms with Crippen LogP contribution in [0.1, 0.15) is 24.0 Å². The summed E-state index contributed by atoms with van der Waals surface area (Å²) in [6, 6.07) is 10.0. The number of hydrogen-bond acceptors (Lipinski definition) is 7. The number of carbonyl (C=O) groups is 5. The molecule has 232 valence electrons. The van der Waals surface area contributed by atoms with Gasteiger partial charge in [-0.2, -0.15) is 12.6 Å². The van der Waals surface area contributed by atoms with E-state index < -0.39 is 53.8 Å². The zero-order chi connectivity index (χ0) is 31.8. The van der Waals surface area contributed by atoms with Gasteiger partial charge in [0.05, 0.1) is 6.04 Å². The van der Waals surface area contributed by atoms with Gasteiger partial charge in [0.25, 0.3) is 0 Å².